The summed E-state index contributed by atoms with van der Waals surface area (Å²) in [6.07, 6.45) is 0.843. The van der Waals surface area contributed by atoms with Crippen molar-refractivity contribution in [2.75, 3.05) is 44.3 Å². The number of carbonyl (C=O) groups is 1. The van der Waals surface area contributed by atoms with E-state index in [1.165, 1.54) is 11.3 Å². The van der Waals surface area contributed by atoms with Gasteiger partial charge >= 0.3 is 0 Å². The monoisotopic (exact) mass is 449 g/mol. The molecule has 0 aliphatic carbocycles. The summed E-state index contributed by atoms with van der Waals surface area (Å²) in [5.41, 5.74) is 1.28. The summed E-state index contributed by atoms with van der Waals surface area (Å²) < 4.78 is 6.37. The molecule has 1 fully saturated rings. The summed E-state index contributed by atoms with van der Waals surface area (Å²) in [7, 11) is 0. The van der Waals surface area contributed by atoms with Crippen LogP contribution in [0.25, 0.3) is 10.2 Å². The smallest absolute Gasteiger partial charge is 0.260 e. The first-order chi connectivity index (χ1) is 14.1. The average Bonchev–Trinajstić information content (AvgIpc) is 3.17. The van der Waals surface area contributed by atoms with Crippen molar-refractivity contribution >= 4 is 55.8 Å². The summed E-state index contributed by atoms with van der Waals surface area (Å²) in [5.74, 6) is -0.107. The molecule has 1 aliphatic heterocycles. The highest BCUT2D eigenvalue weighted by Gasteiger charge is 2.22. The Labute approximate surface area is 183 Å². The van der Waals surface area contributed by atoms with Gasteiger partial charge in [0.15, 0.2) is 5.13 Å². The molecular formula is C21H21Cl2N3O2S. The van der Waals surface area contributed by atoms with Crippen LogP contribution in [0.15, 0.2) is 42.5 Å². The van der Waals surface area contributed by atoms with Crippen molar-refractivity contribution in [3.63, 3.8) is 0 Å². The van der Waals surface area contributed by atoms with Crippen molar-refractivity contribution in [2.24, 2.45) is 0 Å². The lowest BCUT2D eigenvalue weighted by atomic mass is 10.2. The standard InChI is InChI=1S/C21H21Cl2N3O2S/c22-16-5-1-4-15(14-16)20(27)26(9-3-8-25-10-12-28-13-11-25)21-24-19-17(23)6-2-7-18(19)29-21/h1-2,4-7,14H,3,8-13H2. The fourth-order valence-electron chi connectivity index (χ4n) is 3.36. The number of carbonyl (C=O) groups excluding carboxylic acids is 1. The van der Waals surface area contributed by atoms with Gasteiger partial charge in [-0.05, 0) is 36.8 Å². The van der Waals surface area contributed by atoms with Crippen LogP contribution in [-0.2, 0) is 4.74 Å². The molecule has 0 unspecified atom stereocenters. The molecular weight excluding hydrogens is 429 g/mol. The summed E-state index contributed by atoms with van der Waals surface area (Å²) in [4.78, 5) is 22.1. The Morgan fingerprint density at radius 1 is 1.17 bits per heavy atom. The molecule has 2 aromatic carbocycles. The minimum atomic E-state index is -0.107. The number of hydrogen-bond donors (Lipinski definition) is 0. The number of rotatable bonds is 6. The van der Waals surface area contributed by atoms with Crippen molar-refractivity contribution in [3.05, 3.63) is 58.1 Å². The summed E-state index contributed by atoms with van der Waals surface area (Å²) in [6, 6.07) is 12.7. The first-order valence-corrected chi connectivity index (χ1v) is 11.1. The van der Waals surface area contributed by atoms with Crippen molar-refractivity contribution in [2.45, 2.75) is 6.42 Å². The van der Waals surface area contributed by atoms with E-state index in [2.05, 4.69) is 9.88 Å². The van der Waals surface area contributed by atoms with Crippen LogP contribution in [0, 0.1) is 0 Å². The largest absolute Gasteiger partial charge is 0.379 e. The van der Waals surface area contributed by atoms with Gasteiger partial charge in [-0.1, -0.05) is 46.7 Å². The van der Waals surface area contributed by atoms with Crippen LogP contribution in [0.1, 0.15) is 16.8 Å². The molecule has 0 atom stereocenters. The van der Waals surface area contributed by atoms with E-state index in [0.717, 1.165) is 49.5 Å². The molecule has 3 aromatic rings. The molecule has 1 amide bonds. The summed E-state index contributed by atoms with van der Waals surface area (Å²) in [5, 5.41) is 1.78. The van der Waals surface area contributed by atoms with Gasteiger partial charge in [-0.2, -0.15) is 0 Å². The molecule has 2 heterocycles. The molecule has 0 radical (unpaired) electrons. The molecule has 8 heteroatoms. The fourth-order valence-corrected chi connectivity index (χ4v) is 4.84. The fraction of sp³-hybridized carbons (Fsp3) is 0.333. The second-order valence-corrected chi connectivity index (χ2v) is 8.71. The topological polar surface area (TPSA) is 45.7 Å². The number of anilines is 1. The van der Waals surface area contributed by atoms with Gasteiger partial charge in [-0.25, -0.2) is 4.98 Å². The van der Waals surface area contributed by atoms with Crippen LogP contribution in [-0.4, -0.2) is 55.2 Å². The molecule has 29 heavy (non-hydrogen) atoms. The third-order valence-electron chi connectivity index (χ3n) is 4.87. The molecule has 1 aliphatic rings. The van der Waals surface area contributed by atoms with Crippen LogP contribution < -0.4 is 4.90 Å². The van der Waals surface area contributed by atoms with Gasteiger partial charge in [-0.15, -0.1) is 0 Å². The van der Waals surface area contributed by atoms with Crippen molar-refractivity contribution in [1.29, 1.82) is 0 Å². The summed E-state index contributed by atoms with van der Waals surface area (Å²) >= 11 is 13.9. The van der Waals surface area contributed by atoms with Crippen molar-refractivity contribution < 1.29 is 9.53 Å². The zero-order valence-corrected chi connectivity index (χ0v) is 18.1. The zero-order valence-electron chi connectivity index (χ0n) is 15.8. The minimum Gasteiger partial charge on any atom is -0.379 e. The van der Waals surface area contributed by atoms with Crippen molar-refractivity contribution in [1.82, 2.24) is 9.88 Å². The molecule has 152 valence electrons. The molecule has 0 spiro atoms. The van der Waals surface area contributed by atoms with Gasteiger partial charge in [0.05, 0.1) is 22.9 Å². The van der Waals surface area contributed by atoms with Gasteiger partial charge in [-0.3, -0.25) is 14.6 Å². The minimum absolute atomic E-state index is 0.107. The number of aromatic nitrogens is 1. The van der Waals surface area contributed by atoms with Crippen molar-refractivity contribution in [3.8, 4) is 0 Å². The third-order valence-corrected chi connectivity index (χ3v) is 6.45. The molecule has 5 nitrogen and oxygen atoms in total. The van der Waals surface area contributed by atoms with Crippen LogP contribution in [0.2, 0.25) is 10.0 Å². The Balaban J connectivity index is 1.58. The molecule has 1 saturated heterocycles. The normalized spacial score (nSPS) is 15.0. The van der Waals surface area contributed by atoms with E-state index in [0.29, 0.717) is 27.3 Å². The number of hydrogen-bond acceptors (Lipinski definition) is 5. The third kappa shape index (κ3) is 4.90. The zero-order chi connectivity index (χ0) is 20.2. The number of ether oxygens (including phenoxy) is 1. The number of amides is 1. The number of halogens is 2. The first-order valence-electron chi connectivity index (χ1n) is 9.54. The summed E-state index contributed by atoms with van der Waals surface area (Å²) in [6.45, 7) is 4.87. The van der Waals surface area contributed by atoms with E-state index in [-0.39, 0.29) is 5.91 Å². The van der Waals surface area contributed by atoms with E-state index < -0.39 is 0 Å². The Morgan fingerprint density at radius 3 is 2.72 bits per heavy atom. The average molecular weight is 450 g/mol. The maximum Gasteiger partial charge on any atom is 0.260 e. The van der Waals surface area contributed by atoms with E-state index >= 15 is 0 Å². The number of para-hydroxylation sites is 1. The molecule has 0 N–H and O–H groups in total. The van der Waals surface area contributed by atoms with Crippen LogP contribution in [0.3, 0.4) is 0 Å². The Kier molecular flexibility index (Phi) is 6.67. The van der Waals surface area contributed by atoms with Gasteiger partial charge < -0.3 is 4.74 Å². The highest BCUT2D eigenvalue weighted by atomic mass is 35.5. The number of benzene rings is 2. The Bertz CT molecular complexity index is 1000. The number of morpholine rings is 1. The van der Waals surface area contributed by atoms with Crippen LogP contribution in [0.4, 0.5) is 5.13 Å². The highest BCUT2D eigenvalue weighted by molar-refractivity contribution is 7.22. The lowest BCUT2D eigenvalue weighted by Gasteiger charge is -2.27. The van der Waals surface area contributed by atoms with Gasteiger partial charge in [0, 0.05) is 36.8 Å². The van der Waals surface area contributed by atoms with Crippen LogP contribution >= 0.6 is 34.5 Å². The first kappa shape index (κ1) is 20.6. The van der Waals surface area contributed by atoms with Crippen LogP contribution in [0.5, 0.6) is 0 Å². The van der Waals surface area contributed by atoms with Gasteiger partial charge in [0.25, 0.3) is 5.91 Å². The van der Waals surface area contributed by atoms with Gasteiger partial charge in [0.2, 0.25) is 0 Å². The number of fused-ring (bicyclic) bond motifs is 1. The van der Waals surface area contributed by atoms with E-state index in [4.69, 9.17) is 27.9 Å². The Hall–Kier alpha value is -1.70. The SMILES string of the molecule is O=C(c1cccc(Cl)c1)N(CCCN1CCOCC1)c1nc2c(Cl)cccc2s1. The second-order valence-electron chi connectivity index (χ2n) is 6.86. The Morgan fingerprint density at radius 2 is 1.97 bits per heavy atom. The lowest BCUT2D eigenvalue weighted by Crippen LogP contribution is -2.39. The predicted octanol–water partition coefficient (Wildman–Crippen LogP) is 4.97. The number of thiazole rings is 1. The van der Waals surface area contributed by atoms with E-state index in [9.17, 15) is 4.79 Å². The maximum atomic E-state index is 13.3. The van der Waals surface area contributed by atoms with E-state index in [1.807, 2.05) is 18.2 Å². The molecule has 1 aromatic heterocycles. The lowest BCUT2D eigenvalue weighted by molar-refractivity contribution is 0.0376. The highest BCUT2D eigenvalue weighted by Crippen LogP contribution is 2.33. The van der Waals surface area contributed by atoms with Gasteiger partial charge in [0.1, 0.15) is 5.52 Å². The quantitative estimate of drug-likeness (QED) is 0.532. The molecule has 0 bridgehead atoms. The maximum absolute atomic E-state index is 13.3. The number of nitrogens with zero attached hydrogens (tertiary/aromatic N) is 3. The second kappa shape index (κ2) is 9.41. The molecule has 4 rings (SSSR count). The molecule has 0 saturated carbocycles. The predicted molar refractivity (Wildman–Crippen MR) is 120 cm³/mol. The van der Waals surface area contributed by atoms with E-state index in [1.54, 1.807) is 29.2 Å².